The first kappa shape index (κ1) is 18.8. The van der Waals surface area contributed by atoms with Gasteiger partial charge < -0.3 is 5.32 Å². The van der Waals surface area contributed by atoms with E-state index >= 15 is 0 Å². The zero-order valence-corrected chi connectivity index (χ0v) is 14.6. The second-order valence-electron chi connectivity index (χ2n) is 5.72. The lowest BCUT2D eigenvalue weighted by Gasteiger charge is -2.06. The standard InChI is InChI=1S/C18H18N4O4/c1-11-4-8-15(9-5-11)19-17(23)18(24)21-20-13(3)14-7-6-12(2)16(10-14)22(25)26/h4-10H,1-3H3,(H,19,23)(H,21,24)/b20-13-. The number of benzene rings is 2. The normalized spacial score (nSPS) is 11.0. The molecule has 0 aliphatic rings. The molecule has 0 spiro atoms. The van der Waals surface area contributed by atoms with Crippen molar-refractivity contribution in [3.63, 3.8) is 0 Å². The number of nitrogens with zero attached hydrogens (tertiary/aromatic N) is 2. The van der Waals surface area contributed by atoms with Gasteiger partial charge in [0.1, 0.15) is 0 Å². The number of aryl methyl sites for hydroxylation is 2. The Morgan fingerprint density at radius 3 is 2.31 bits per heavy atom. The maximum atomic E-state index is 11.9. The fourth-order valence-corrected chi connectivity index (χ4v) is 2.11. The number of nitrogens with one attached hydrogen (secondary N) is 2. The summed E-state index contributed by atoms with van der Waals surface area (Å²) in [6.07, 6.45) is 0. The van der Waals surface area contributed by atoms with Crippen molar-refractivity contribution in [1.82, 2.24) is 5.43 Å². The second kappa shape index (κ2) is 8.02. The molecule has 0 bridgehead atoms. The average Bonchev–Trinajstić information content (AvgIpc) is 2.61. The van der Waals surface area contributed by atoms with Crippen LogP contribution in [0.15, 0.2) is 47.6 Å². The number of rotatable bonds is 4. The lowest BCUT2D eigenvalue weighted by molar-refractivity contribution is -0.385. The number of carbonyl (C=O) groups is 2. The van der Waals surface area contributed by atoms with E-state index in [-0.39, 0.29) is 5.69 Å². The molecule has 2 amide bonds. The summed E-state index contributed by atoms with van der Waals surface area (Å²) in [7, 11) is 0. The highest BCUT2D eigenvalue weighted by Crippen LogP contribution is 2.19. The van der Waals surface area contributed by atoms with E-state index in [0.29, 0.717) is 22.5 Å². The van der Waals surface area contributed by atoms with Crippen molar-refractivity contribution in [2.45, 2.75) is 20.8 Å². The number of nitro groups is 1. The van der Waals surface area contributed by atoms with E-state index in [0.717, 1.165) is 5.56 Å². The number of amides is 2. The maximum absolute atomic E-state index is 11.9. The van der Waals surface area contributed by atoms with Crippen LogP contribution in [0.25, 0.3) is 0 Å². The predicted molar refractivity (Wildman–Crippen MR) is 98.0 cm³/mol. The molecule has 2 aromatic carbocycles. The minimum absolute atomic E-state index is 0.0412. The molecule has 0 unspecified atom stereocenters. The molecule has 2 N–H and O–H groups in total. The highest BCUT2D eigenvalue weighted by Gasteiger charge is 2.15. The average molecular weight is 354 g/mol. The van der Waals surface area contributed by atoms with Crippen LogP contribution in [0, 0.1) is 24.0 Å². The molecule has 134 valence electrons. The molecule has 0 saturated carbocycles. The second-order valence-corrected chi connectivity index (χ2v) is 5.72. The van der Waals surface area contributed by atoms with E-state index < -0.39 is 16.7 Å². The van der Waals surface area contributed by atoms with Crippen LogP contribution in [0.1, 0.15) is 23.6 Å². The Morgan fingerprint density at radius 2 is 1.69 bits per heavy atom. The summed E-state index contributed by atoms with van der Waals surface area (Å²) in [5.74, 6) is -1.80. The van der Waals surface area contributed by atoms with Gasteiger partial charge in [0.05, 0.1) is 10.6 Å². The van der Waals surface area contributed by atoms with Gasteiger partial charge in [0.15, 0.2) is 0 Å². The summed E-state index contributed by atoms with van der Waals surface area (Å²) in [5, 5.41) is 17.3. The summed E-state index contributed by atoms with van der Waals surface area (Å²) in [6, 6.07) is 11.6. The van der Waals surface area contributed by atoms with Crippen molar-refractivity contribution >= 4 is 28.9 Å². The molecular formula is C18H18N4O4. The Bertz CT molecular complexity index is 889. The van der Waals surface area contributed by atoms with Crippen LogP contribution >= 0.6 is 0 Å². The van der Waals surface area contributed by atoms with E-state index in [4.69, 9.17) is 0 Å². The van der Waals surface area contributed by atoms with Gasteiger partial charge in [-0.05, 0) is 32.9 Å². The van der Waals surface area contributed by atoms with E-state index in [9.17, 15) is 19.7 Å². The van der Waals surface area contributed by atoms with Crippen molar-refractivity contribution in [3.8, 4) is 0 Å². The van der Waals surface area contributed by atoms with Gasteiger partial charge >= 0.3 is 11.8 Å². The number of hydrogen-bond donors (Lipinski definition) is 2. The van der Waals surface area contributed by atoms with Gasteiger partial charge in [-0.25, -0.2) is 5.43 Å². The Morgan fingerprint density at radius 1 is 1.04 bits per heavy atom. The van der Waals surface area contributed by atoms with Crippen LogP contribution < -0.4 is 10.7 Å². The Hall–Kier alpha value is -3.55. The van der Waals surface area contributed by atoms with Gasteiger partial charge in [0, 0.05) is 22.9 Å². The fraction of sp³-hybridized carbons (Fsp3) is 0.167. The zero-order valence-electron chi connectivity index (χ0n) is 14.6. The molecule has 0 saturated heterocycles. The fourth-order valence-electron chi connectivity index (χ4n) is 2.11. The highest BCUT2D eigenvalue weighted by atomic mass is 16.6. The molecular weight excluding hydrogens is 336 g/mol. The summed E-state index contributed by atoms with van der Waals surface area (Å²) >= 11 is 0. The van der Waals surface area contributed by atoms with Crippen molar-refractivity contribution in [1.29, 1.82) is 0 Å². The number of nitro benzene ring substituents is 1. The Labute approximate surface area is 150 Å². The minimum Gasteiger partial charge on any atom is -0.318 e. The number of hydrazone groups is 1. The van der Waals surface area contributed by atoms with Crippen molar-refractivity contribution < 1.29 is 14.5 Å². The van der Waals surface area contributed by atoms with E-state index in [1.54, 1.807) is 50.2 Å². The smallest absolute Gasteiger partial charge is 0.318 e. The molecule has 2 aromatic rings. The predicted octanol–water partition coefficient (Wildman–Crippen LogP) is 2.69. The minimum atomic E-state index is -0.938. The van der Waals surface area contributed by atoms with Crippen LogP contribution in [0.3, 0.4) is 0 Å². The molecule has 0 aliphatic carbocycles. The molecule has 0 heterocycles. The van der Waals surface area contributed by atoms with Gasteiger partial charge in [-0.15, -0.1) is 0 Å². The van der Waals surface area contributed by atoms with Crippen molar-refractivity contribution in [2.75, 3.05) is 5.32 Å². The first-order valence-electron chi connectivity index (χ1n) is 7.75. The van der Waals surface area contributed by atoms with Gasteiger partial charge in [0.2, 0.25) is 0 Å². The summed E-state index contributed by atoms with van der Waals surface area (Å²) in [5.41, 5.74) is 4.95. The largest absolute Gasteiger partial charge is 0.329 e. The number of hydrogen-bond acceptors (Lipinski definition) is 5. The van der Waals surface area contributed by atoms with Gasteiger partial charge in [-0.1, -0.05) is 29.8 Å². The van der Waals surface area contributed by atoms with Crippen LogP contribution in [0.5, 0.6) is 0 Å². The molecule has 0 atom stereocenters. The summed E-state index contributed by atoms with van der Waals surface area (Å²) in [6.45, 7) is 5.11. The van der Waals surface area contributed by atoms with E-state index in [2.05, 4.69) is 15.8 Å². The topological polar surface area (TPSA) is 114 Å². The molecule has 0 fully saturated rings. The van der Waals surface area contributed by atoms with Crippen LogP contribution in [0.2, 0.25) is 0 Å². The van der Waals surface area contributed by atoms with Crippen LogP contribution in [-0.2, 0) is 9.59 Å². The van der Waals surface area contributed by atoms with Crippen molar-refractivity contribution in [2.24, 2.45) is 5.10 Å². The Balaban J connectivity index is 2.04. The van der Waals surface area contributed by atoms with Gasteiger partial charge in [0.25, 0.3) is 5.69 Å². The number of carbonyl (C=O) groups excluding carboxylic acids is 2. The van der Waals surface area contributed by atoms with E-state index in [1.807, 2.05) is 6.92 Å². The Kier molecular flexibility index (Phi) is 5.79. The molecule has 26 heavy (non-hydrogen) atoms. The zero-order chi connectivity index (χ0) is 19.3. The van der Waals surface area contributed by atoms with Crippen molar-refractivity contribution in [3.05, 3.63) is 69.3 Å². The molecule has 2 rings (SSSR count). The molecule has 0 aromatic heterocycles. The lowest BCUT2D eigenvalue weighted by atomic mass is 10.1. The third-order valence-corrected chi connectivity index (χ3v) is 3.66. The molecule has 0 aliphatic heterocycles. The molecule has 8 nitrogen and oxygen atoms in total. The first-order chi connectivity index (χ1) is 12.3. The third-order valence-electron chi connectivity index (χ3n) is 3.66. The van der Waals surface area contributed by atoms with E-state index in [1.165, 1.54) is 6.07 Å². The maximum Gasteiger partial charge on any atom is 0.329 e. The molecule has 8 heteroatoms. The monoisotopic (exact) mass is 354 g/mol. The van der Waals surface area contributed by atoms with Crippen LogP contribution in [-0.4, -0.2) is 22.4 Å². The molecule has 0 radical (unpaired) electrons. The van der Waals surface area contributed by atoms with Gasteiger partial charge in [-0.2, -0.15) is 5.10 Å². The summed E-state index contributed by atoms with van der Waals surface area (Å²) < 4.78 is 0. The lowest BCUT2D eigenvalue weighted by Crippen LogP contribution is -2.32. The first-order valence-corrected chi connectivity index (χ1v) is 7.75. The third kappa shape index (κ3) is 4.73. The number of anilines is 1. The summed E-state index contributed by atoms with van der Waals surface area (Å²) in [4.78, 5) is 34.2. The van der Waals surface area contributed by atoms with Gasteiger partial charge in [-0.3, -0.25) is 19.7 Å². The van der Waals surface area contributed by atoms with Crippen LogP contribution in [0.4, 0.5) is 11.4 Å². The SMILES string of the molecule is C/C(=N/NC(=O)C(=O)Nc1ccc(C)cc1)c1ccc(C)c([N+](=O)[O-])c1. The highest BCUT2D eigenvalue weighted by molar-refractivity contribution is 6.39. The quantitative estimate of drug-likeness (QED) is 0.380.